The number of hydrogen-bond donors (Lipinski definition) is 1. The van der Waals surface area contributed by atoms with Crippen molar-refractivity contribution in [3.05, 3.63) is 11.7 Å². The highest BCUT2D eigenvalue weighted by Crippen LogP contribution is 2.30. The van der Waals surface area contributed by atoms with Gasteiger partial charge in [0.1, 0.15) is 0 Å². The number of ether oxygens (including phenoxy) is 1. The van der Waals surface area contributed by atoms with Gasteiger partial charge in [0, 0.05) is 31.8 Å². The average Bonchev–Trinajstić information content (AvgIpc) is 3.32. The van der Waals surface area contributed by atoms with Crippen molar-refractivity contribution in [2.45, 2.75) is 77.7 Å². The highest BCUT2D eigenvalue weighted by atomic mass is 16.5. The van der Waals surface area contributed by atoms with Crippen LogP contribution in [0.15, 0.2) is 4.52 Å². The Morgan fingerprint density at radius 1 is 1.12 bits per heavy atom. The minimum Gasteiger partial charge on any atom is -0.378 e. The lowest BCUT2D eigenvalue weighted by molar-refractivity contribution is -0.140. The summed E-state index contributed by atoms with van der Waals surface area (Å²) in [5, 5.41) is 6.64. The smallest absolute Gasteiger partial charge is 0.240 e. The minimum absolute atomic E-state index is 0.0118. The van der Waals surface area contributed by atoms with E-state index in [0.717, 1.165) is 12.8 Å². The second-order valence-corrected chi connectivity index (χ2v) is 8.83. The first-order chi connectivity index (χ1) is 15.5. The van der Waals surface area contributed by atoms with E-state index in [1.165, 1.54) is 19.3 Å². The van der Waals surface area contributed by atoms with E-state index in [-0.39, 0.29) is 29.8 Å². The number of amides is 2. The first-order valence-electron chi connectivity index (χ1n) is 12.0. The van der Waals surface area contributed by atoms with E-state index in [1.807, 2.05) is 13.8 Å². The zero-order valence-electron chi connectivity index (χ0n) is 19.3. The van der Waals surface area contributed by atoms with Gasteiger partial charge < -0.3 is 19.5 Å². The Bertz CT molecular complexity index is 768. The van der Waals surface area contributed by atoms with Crippen molar-refractivity contribution in [1.82, 2.24) is 20.4 Å². The van der Waals surface area contributed by atoms with Crippen molar-refractivity contribution in [3.63, 3.8) is 0 Å². The molecule has 0 bridgehead atoms. The summed E-state index contributed by atoms with van der Waals surface area (Å²) in [5.74, 6) is -0.252. The van der Waals surface area contributed by atoms with Gasteiger partial charge in [-0.25, -0.2) is 0 Å². The van der Waals surface area contributed by atoms with Crippen molar-refractivity contribution in [2.75, 3.05) is 26.3 Å². The Kier molecular flexibility index (Phi) is 9.20. The van der Waals surface area contributed by atoms with E-state index >= 15 is 0 Å². The van der Waals surface area contributed by atoms with Crippen molar-refractivity contribution in [2.24, 2.45) is 11.8 Å². The molecule has 1 aromatic heterocycles. The zero-order chi connectivity index (χ0) is 22.9. The topological polar surface area (TPSA) is 115 Å². The van der Waals surface area contributed by atoms with Gasteiger partial charge in [-0.1, -0.05) is 51.1 Å². The van der Waals surface area contributed by atoms with Gasteiger partial charge in [0.15, 0.2) is 0 Å². The summed E-state index contributed by atoms with van der Waals surface area (Å²) in [7, 11) is 0. The van der Waals surface area contributed by atoms with Crippen LogP contribution in [0, 0.1) is 11.8 Å². The van der Waals surface area contributed by atoms with Gasteiger partial charge in [-0.05, 0) is 18.8 Å². The van der Waals surface area contributed by atoms with Gasteiger partial charge in [0.25, 0.3) is 0 Å². The van der Waals surface area contributed by atoms with E-state index in [1.54, 1.807) is 4.90 Å². The van der Waals surface area contributed by atoms with Crippen LogP contribution in [-0.4, -0.2) is 65.0 Å². The summed E-state index contributed by atoms with van der Waals surface area (Å²) < 4.78 is 10.4. The third-order valence-corrected chi connectivity index (χ3v) is 6.53. The maximum Gasteiger partial charge on any atom is 0.240 e. The molecule has 0 spiro atoms. The van der Waals surface area contributed by atoms with Crippen molar-refractivity contribution in [1.29, 1.82) is 0 Å². The Morgan fingerprint density at radius 2 is 1.84 bits per heavy atom. The van der Waals surface area contributed by atoms with Gasteiger partial charge in [0.05, 0.1) is 19.3 Å². The molecule has 9 heteroatoms. The molecule has 2 amide bonds. The molecule has 1 unspecified atom stereocenters. The number of carbonyl (C=O) groups excluding carboxylic acids is 3. The van der Waals surface area contributed by atoms with Crippen LogP contribution in [0.5, 0.6) is 0 Å². The summed E-state index contributed by atoms with van der Waals surface area (Å²) in [6, 6.07) is -0.739. The van der Waals surface area contributed by atoms with Crippen LogP contribution in [0.4, 0.5) is 0 Å². The molecule has 9 nitrogen and oxygen atoms in total. The normalized spacial score (nSPS) is 19.4. The molecule has 1 N–H and O–H groups in total. The molecule has 32 heavy (non-hydrogen) atoms. The van der Waals surface area contributed by atoms with Gasteiger partial charge in [0.2, 0.25) is 29.3 Å². The van der Waals surface area contributed by atoms with E-state index < -0.39 is 12.0 Å². The summed E-state index contributed by atoms with van der Waals surface area (Å²) in [6.45, 7) is 5.87. The highest BCUT2D eigenvalue weighted by molar-refractivity contribution is 5.99. The number of aryl methyl sites for hydroxylation is 1. The van der Waals surface area contributed by atoms with Crippen LogP contribution >= 0.6 is 0 Å². The van der Waals surface area contributed by atoms with E-state index in [0.29, 0.717) is 57.4 Å². The largest absolute Gasteiger partial charge is 0.378 e. The van der Waals surface area contributed by atoms with E-state index in [2.05, 4.69) is 15.5 Å². The molecule has 1 saturated heterocycles. The van der Waals surface area contributed by atoms with Crippen LogP contribution in [0.1, 0.15) is 81.7 Å². The number of nitrogens with one attached hydrogen (secondary N) is 1. The first-order valence-corrected chi connectivity index (χ1v) is 12.0. The summed E-state index contributed by atoms with van der Waals surface area (Å²) >= 11 is 0. The molecule has 3 rings (SSSR count). The molecule has 1 aliphatic carbocycles. The molecule has 2 atom stereocenters. The third-order valence-electron chi connectivity index (χ3n) is 6.53. The molecule has 1 aliphatic heterocycles. The van der Waals surface area contributed by atoms with Crippen molar-refractivity contribution >= 4 is 17.6 Å². The van der Waals surface area contributed by atoms with Crippen LogP contribution < -0.4 is 5.32 Å². The monoisotopic (exact) mass is 448 g/mol. The molecule has 2 fully saturated rings. The maximum atomic E-state index is 13.3. The van der Waals surface area contributed by atoms with E-state index in [9.17, 15) is 14.4 Å². The molecule has 1 aromatic rings. The van der Waals surface area contributed by atoms with Gasteiger partial charge in [-0.2, -0.15) is 4.98 Å². The predicted octanol–water partition coefficient (Wildman–Crippen LogP) is 2.54. The molecule has 1 saturated carbocycles. The molecule has 2 aliphatic rings. The lowest BCUT2D eigenvalue weighted by Crippen LogP contribution is -2.46. The van der Waals surface area contributed by atoms with Crippen LogP contribution in [-0.2, 0) is 20.7 Å². The summed E-state index contributed by atoms with van der Waals surface area (Å²) in [6.07, 6.45) is 7.54. The number of aromatic nitrogens is 2. The molecule has 2 heterocycles. The number of carbonyl (C=O) groups is 3. The van der Waals surface area contributed by atoms with Crippen LogP contribution in [0.3, 0.4) is 0 Å². The molecule has 0 radical (unpaired) electrons. The number of Topliss-reactive ketones (excluding diaryl/α,β-unsaturated/α-hetero) is 1. The fourth-order valence-electron chi connectivity index (χ4n) is 4.56. The molecular formula is C23H36N4O5. The quantitative estimate of drug-likeness (QED) is 0.547. The standard InChI is InChI=1S/C23H36N4O5/c1-3-18(21(29)22-25-19(4-2)32-26-22)24-23(30)17(14-16-8-6-5-7-9-16)15-20(28)27-10-12-31-13-11-27/h16-18H,3-15H2,1-2H3,(H,24,30)/t17?,18-/m1/s1. The number of ketones is 1. The fourth-order valence-corrected chi connectivity index (χ4v) is 4.56. The SMILES string of the molecule is CCc1nc(C(=O)[C@@H](CC)NC(=O)C(CC(=O)N2CCOCC2)CC2CCCCC2)no1. The molecule has 178 valence electrons. The lowest BCUT2D eigenvalue weighted by Gasteiger charge is -2.30. The number of rotatable bonds is 10. The van der Waals surface area contributed by atoms with Crippen LogP contribution in [0.2, 0.25) is 0 Å². The highest BCUT2D eigenvalue weighted by Gasteiger charge is 2.32. The Labute approximate surface area is 189 Å². The Hall–Kier alpha value is -2.29. The Morgan fingerprint density at radius 3 is 2.47 bits per heavy atom. The zero-order valence-corrected chi connectivity index (χ0v) is 19.3. The first kappa shape index (κ1) is 24.4. The number of morpholine rings is 1. The number of nitrogens with zero attached hydrogens (tertiary/aromatic N) is 3. The van der Waals surface area contributed by atoms with Gasteiger partial charge >= 0.3 is 0 Å². The lowest BCUT2D eigenvalue weighted by atomic mass is 9.81. The summed E-state index contributed by atoms with van der Waals surface area (Å²) in [5.41, 5.74) is 0. The number of hydrogen-bond acceptors (Lipinski definition) is 7. The predicted molar refractivity (Wildman–Crippen MR) is 117 cm³/mol. The fraction of sp³-hybridized carbons (Fsp3) is 0.783. The third kappa shape index (κ3) is 6.60. The average molecular weight is 449 g/mol. The second-order valence-electron chi connectivity index (χ2n) is 8.83. The van der Waals surface area contributed by atoms with Crippen molar-refractivity contribution < 1.29 is 23.6 Å². The van der Waals surface area contributed by atoms with E-state index in [4.69, 9.17) is 9.26 Å². The van der Waals surface area contributed by atoms with Gasteiger partial charge in [-0.3, -0.25) is 14.4 Å². The maximum absolute atomic E-state index is 13.3. The second kappa shape index (κ2) is 12.1. The molecular weight excluding hydrogens is 412 g/mol. The molecule has 0 aromatic carbocycles. The Balaban J connectivity index is 1.67. The summed E-state index contributed by atoms with van der Waals surface area (Å²) in [4.78, 5) is 44.9. The van der Waals surface area contributed by atoms with Crippen molar-refractivity contribution in [3.8, 4) is 0 Å². The van der Waals surface area contributed by atoms with Gasteiger partial charge in [-0.15, -0.1) is 0 Å². The minimum atomic E-state index is -0.739. The van der Waals surface area contributed by atoms with Crippen LogP contribution in [0.25, 0.3) is 0 Å².